The molecule has 0 spiro atoms. The standard InChI is InChI=1S/C10H12FNO2/c1-7(12)10(11,9(13)14)8-5-3-2-4-6-8/h2-7H,12H2,1H3,(H,13,14). The second kappa shape index (κ2) is 3.75. The lowest BCUT2D eigenvalue weighted by Crippen LogP contribution is -2.46. The number of benzene rings is 1. The third-order valence-corrected chi connectivity index (χ3v) is 2.13. The van der Waals surface area contributed by atoms with E-state index in [9.17, 15) is 9.18 Å². The normalized spacial score (nSPS) is 17.1. The van der Waals surface area contributed by atoms with Crippen LogP contribution in [0.4, 0.5) is 4.39 Å². The fourth-order valence-electron chi connectivity index (χ4n) is 1.26. The predicted octanol–water partition coefficient (Wildman–Crippen LogP) is 1.28. The summed E-state index contributed by atoms with van der Waals surface area (Å²) in [5.74, 6) is -1.56. The van der Waals surface area contributed by atoms with E-state index in [4.69, 9.17) is 10.8 Å². The lowest BCUT2D eigenvalue weighted by atomic mass is 9.90. The molecule has 0 bridgehead atoms. The maximum absolute atomic E-state index is 14.0. The van der Waals surface area contributed by atoms with E-state index in [2.05, 4.69) is 0 Å². The van der Waals surface area contributed by atoms with Crippen molar-refractivity contribution in [1.29, 1.82) is 0 Å². The molecule has 4 heteroatoms. The zero-order chi connectivity index (χ0) is 10.8. The number of hydrogen-bond donors (Lipinski definition) is 2. The summed E-state index contributed by atoms with van der Waals surface area (Å²) in [5, 5.41) is 8.80. The molecule has 0 radical (unpaired) electrons. The quantitative estimate of drug-likeness (QED) is 0.767. The lowest BCUT2D eigenvalue weighted by Gasteiger charge is -2.24. The van der Waals surface area contributed by atoms with Crippen molar-refractivity contribution in [3.05, 3.63) is 35.9 Å². The van der Waals surface area contributed by atoms with Crippen LogP contribution in [0.2, 0.25) is 0 Å². The molecule has 1 rings (SSSR count). The number of aliphatic carboxylic acids is 1. The van der Waals surface area contributed by atoms with Gasteiger partial charge in [-0.15, -0.1) is 0 Å². The third-order valence-electron chi connectivity index (χ3n) is 2.13. The lowest BCUT2D eigenvalue weighted by molar-refractivity contribution is -0.153. The predicted molar refractivity (Wildman–Crippen MR) is 50.5 cm³/mol. The summed E-state index contributed by atoms with van der Waals surface area (Å²) in [7, 11) is 0. The van der Waals surface area contributed by atoms with Crippen molar-refractivity contribution in [2.75, 3.05) is 0 Å². The van der Waals surface area contributed by atoms with Crippen molar-refractivity contribution >= 4 is 5.97 Å². The fourth-order valence-corrected chi connectivity index (χ4v) is 1.26. The Kier molecular flexibility index (Phi) is 2.86. The highest BCUT2D eigenvalue weighted by Crippen LogP contribution is 2.29. The van der Waals surface area contributed by atoms with Gasteiger partial charge in [0.15, 0.2) is 0 Å². The summed E-state index contributed by atoms with van der Waals surface area (Å²) < 4.78 is 14.0. The molecule has 0 aromatic heterocycles. The topological polar surface area (TPSA) is 63.3 Å². The highest BCUT2D eigenvalue weighted by Gasteiger charge is 2.44. The monoisotopic (exact) mass is 197 g/mol. The first-order valence-corrected chi connectivity index (χ1v) is 4.23. The van der Waals surface area contributed by atoms with Gasteiger partial charge in [0.2, 0.25) is 5.67 Å². The van der Waals surface area contributed by atoms with E-state index in [1.807, 2.05) is 0 Å². The number of nitrogens with two attached hydrogens (primary N) is 1. The van der Waals surface area contributed by atoms with Gasteiger partial charge >= 0.3 is 5.97 Å². The molecule has 2 atom stereocenters. The number of halogens is 1. The van der Waals surface area contributed by atoms with Crippen LogP contribution in [0.5, 0.6) is 0 Å². The Labute approximate surface area is 81.4 Å². The summed E-state index contributed by atoms with van der Waals surface area (Å²) in [6.07, 6.45) is 0. The molecule has 76 valence electrons. The van der Waals surface area contributed by atoms with Crippen LogP contribution in [0.3, 0.4) is 0 Å². The number of alkyl halides is 1. The average Bonchev–Trinajstić information content (AvgIpc) is 2.17. The Bertz CT molecular complexity index is 326. The number of rotatable bonds is 3. The molecule has 3 nitrogen and oxygen atoms in total. The van der Waals surface area contributed by atoms with Crippen LogP contribution in [0, 0.1) is 0 Å². The van der Waals surface area contributed by atoms with Crippen molar-refractivity contribution in [1.82, 2.24) is 0 Å². The first-order valence-electron chi connectivity index (χ1n) is 4.23. The summed E-state index contributed by atoms with van der Waals surface area (Å²) in [6.45, 7) is 1.33. The first kappa shape index (κ1) is 10.7. The van der Waals surface area contributed by atoms with E-state index in [1.54, 1.807) is 18.2 Å². The van der Waals surface area contributed by atoms with Crippen molar-refractivity contribution < 1.29 is 14.3 Å². The van der Waals surface area contributed by atoms with Gasteiger partial charge in [-0.3, -0.25) is 0 Å². The van der Waals surface area contributed by atoms with Crippen LogP contribution >= 0.6 is 0 Å². The van der Waals surface area contributed by atoms with Gasteiger partial charge in [-0.2, -0.15) is 0 Å². The number of carbonyl (C=O) groups is 1. The highest BCUT2D eigenvalue weighted by molar-refractivity contribution is 5.80. The molecular weight excluding hydrogens is 185 g/mol. The molecule has 0 aliphatic heterocycles. The van der Waals surface area contributed by atoms with Gasteiger partial charge in [0.05, 0.1) is 6.04 Å². The SMILES string of the molecule is CC(N)C(F)(C(=O)O)c1ccccc1. The first-order chi connectivity index (χ1) is 6.49. The molecule has 0 heterocycles. The zero-order valence-electron chi connectivity index (χ0n) is 7.77. The molecule has 0 aliphatic rings. The van der Waals surface area contributed by atoms with Crippen molar-refractivity contribution in [3.8, 4) is 0 Å². The van der Waals surface area contributed by atoms with E-state index in [0.717, 1.165) is 0 Å². The Balaban J connectivity index is 3.20. The van der Waals surface area contributed by atoms with E-state index < -0.39 is 17.7 Å². The van der Waals surface area contributed by atoms with Gasteiger partial charge in [-0.1, -0.05) is 30.3 Å². The summed E-state index contributed by atoms with van der Waals surface area (Å²) >= 11 is 0. The molecule has 1 aromatic carbocycles. The van der Waals surface area contributed by atoms with E-state index in [-0.39, 0.29) is 5.56 Å². The smallest absolute Gasteiger partial charge is 0.347 e. The van der Waals surface area contributed by atoms with Gasteiger partial charge in [0.1, 0.15) is 0 Å². The highest BCUT2D eigenvalue weighted by atomic mass is 19.1. The fraction of sp³-hybridized carbons (Fsp3) is 0.300. The van der Waals surface area contributed by atoms with E-state index >= 15 is 0 Å². The van der Waals surface area contributed by atoms with E-state index in [0.29, 0.717) is 0 Å². The van der Waals surface area contributed by atoms with Crippen LogP contribution in [-0.4, -0.2) is 17.1 Å². The van der Waals surface area contributed by atoms with Crippen LogP contribution in [0.25, 0.3) is 0 Å². The molecule has 0 fully saturated rings. The Hall–Kier alpha value is -1.42. The minimum absolute atomic E-state index is 0.0718. The summed E-state index contributed by atoms with van der Waals surface area (Å²) in [5.41, 5.74) is 2.91. The van der Waals surface area contributed by atoms with Crippen molar-refractivity contribution in [2.45, 2.75) is 18.6 Å². The molecular formula is C10H12FNO2. The van der Waals surface area contributed by atoms with Gasteiger partial charge < -0.3 is 10.8 Å². The van der Waals surface area contributed by atoms with Crippen LogP contribution in [0.1, 0.15) is 12.5 Å². The Morgan fingerprint density at radius 3 is 2.36 bits per heavy atom. The van der Waals surface area contributed by atoms with Crippen LogP contribution < -0.4 is 5.73 Å². The Morgan fingerprint density at radius 1 is 1.50 bits per heavy atom. The third kappa shape index (κ3) is 1.61. The Morgan fingerprint density at radius 2 is 2.00 bits per heavy atom. The molecule has 2 unspecified atom stereocenters. The second-order valence-electron chi connectivity index (χ2n) is 3.17. The van der Waals surface area contributed by atoms with Gasteiger partial charge in [-0.25, -0.2) is 9.18 Å². The molecule has 14 heavy (non-hydrogen) atoms. The molecule has 3 N–H and O–H groups in total. The molecule has 0 aliphatic carbocycles. The van der Waals surface area contributed by atoms with Crippen molar-refractivity contribution in [3.63, 3.8) is 0 Å². The second-order valence-corrected chi connectivity index (χ2v) is 3.17. The molecule has 0 saturated heterocycles. The minimum atomic E-state index is -2.51. The zero-order valence-corrected chi connectivity index (χ0v) is 7.77. The van der Waals surface area contributed by atoms with Gasteiger partial charge in [0, 0.05) is 5.56 Å². The molecule has 1 aromatic rings. The number of carboxylic acids is 1. The average molecular weight is 197 g/mol. The van der Waals surface area contributed by atoms with Gasteiger partial charge in [0.25, 0.3) is 0 Å². The van der Waals surface area contributed by atoms with Crippen LogP contribution in [0.15, 0.2) is 30.3 Å². The van der Waals surface area contributed by atoms with Crippen LogP contribution in [-0.2, 0) is 10.5 Å². The molecule has 0 amide bonds. The van der Waals surface area contributed by atoms with E-state index in [1.165, 1.54) is 19.1 Å². The maximum Gasteiger partial charge on any atom is 0.347 e. The number of carboxylic acid groups (broad SMARTS) is 1. The maximum atomic E-state index is 14.0. The van der Waals surface area contributed by atoms with Gasteiger partial charge in [-0.05, 0) is 6.92 Å². The largest absolute Gasteiger partial charge is 0.479 e. The van der Waals surface area contributed by atoms with Crippen molar-refractivity contribution in [2.24, 2.45) is 5.73 Å². The molecule has 0 saturated carbocycles. The summed E-state index contributed by atoms with van der Waals surface area (Å²) in [4.78, 5) is 10.8. The number of hydrogen-bond acceptors (Lipinski definition) is 2. The minimum Gasteiger partial charge on any atom is -0.479 e. The summed E-state index contributed by atoms with van der Waals surface area (Å²) in [6, 6.07) is 6.58.